The zero-order valence-corrected chi connectivity index (χ0v) is 19.3. The molecule has 32 heavy (non-hydrogen) atoms. The number of hydrogen-bond donors (Lipinski definition) is 1. The van der Waals surface area contributed by atoms with Crippen molar-refractivity contribution in [1.29, 1.82) is 0 Å². The molecule has 4 aromatic rings. The lowest BCUT2D eigenvalue weighted by Crippen LogP contribution is -2.30. The van der Waals surface area contributed by atoms with E-state index >= 15 is 0 Å². The van der Waals surface area contributed by atoms with Gasteiger partial charge in [0.05, 0.1) is 16.8 Å². The zero-order valence-electron chi connectivity index (χ0n) is 17.7. The van der Waals surface area contributed by atoms with Crippen LogP contribution in [0.5, 0.6) is 0 Å². The molecule has 0 amide bonds. The highest BCUT2D eigenvalue weighted by atomic mass is 35.5. The highest BCUT2D eigenvalue weighted by molar-refractivity contribution is 7.80. The molecule has 4 heterocycles. The van der Waals surface area contributed by atoms with E-state index in [0.29, 0.717) is 10.1 Å². The van der Waals surface area contributed by atoms with Crippen molar-refractivity contribution in [2.45, 2.75) is 25.9 Å². The molecule has 5 nitrogen and oxygen atoms in total. The van der Waals surface area contributed by atoms with Gasteiger partial charge in [-0.3, -0.25) is 4.98 Å². The average molecular weight is 460 g/mol. The quantitative estimate of drug-likeness (QED) is 0.396. The Morgan fingerprint density at radius 1 is 0.969 bits per heavy atom. The SMILES string of the molecule is Cc1cc(C)cc(N2C(=S)N[C@@H](c3ccccn3)[C@H]2c2cccn2-c2ccc(Cl)cn2)c1. The summed E-state index contributed by atoms with van der Waals surface area (Å²) in [5, 5.41) is 4.80. The van der Waals surface area contributed by atoms with Crippen LogP contribution in [0.1, 0.15) is 34.6 Å². The van der Waals surface area contributed by atoms with Crippen LogP contribution in [-0.2, 0) is 0 Å². The number of pyridine rings is 2. The van der Waals surface area contributed by atoms with Gasteiger partial charge < -0.3 is 14.8 Å². The number of thiocarbonyl (C=S) groups is 1. The molecular weight excluding hydrogens is 438 g/mol. The van der Waals surface area contributed by atoms with Gasteiger partial charge in [-0.15, -0.1) is 0 Å². The number of aromatic nitrogens is 3. The number of rotatable bonds is 4. The van der Waals surface area contributed by atoms with E-state index in [4.69, 9.17) is 23.8 Å². The van der Waals surface area contributed by atoms with Crippen LogP contribution in [0.4, 0.5) is 5.69 Å². The summed E-state index contributed by atoms with van der Waals surface area (Å²) in [6, 6.07) is 20.1. The summed E-state index contributed by atoms with van der Waals surface area (Å²) in [6.45, 7) is 4.21. The lowest BCUT2D eigenvalue weighted by atomic mass is 10.00. The normalized spacial score (nSPS) is 18.1. The van der Waals surface area contributed by atoms with E-state index in [-0.39, 0.29) is 12.1 Å². The fourth-order valence-corrected chi connectivity index (χ4v) is 4.84. The molecular formula is C25H22ClN5S. The van der Waals surface area contributed by atoms with Crippen molar-refractivity contribution in [3.05, 3.63) is 107 Å². The Bertz CT molecular complexity index is 1250. The number of nitrogens with one attached hydrogen (secondary N) is 1. The second-order valence-electron chi connectivity index (χ2n) is 7.98. The van der Waals surface area contributed by atoms with Gasteiger partial charge in [-0.1, -0.05) is 23.7 Å². The highest BCUT2D eigenvalue weighted by Gasteiger charge is 2.42. The van der Waals surface area contributed by atoms with Crippen molar-refractivity contribution >= 4 is 34.6 Å². The van der Waals surface area contributed by atoms with Crippen LogP contribution in [-0.4, -0.2) is 19.6 Å². The molecule has 0 unspecified atom stereocenters. The van der Waals surface area contributed by atoms with Crippen molar-refractivity contribution in [2.24, 2.45) is 0 Å². The molecule has 1 aliphatic heterocycles. The third kappa shape index (κ3) is 3.76. The molecule has 0 saturated carbocycles. The van der Waals surface area contributed by atoms with Crippen molar-refractivity contribution in [3.63, 3.8) is 0 Å². The van der Waals surface area contributed by atoms with Gasteiger partial charge in [0.25, 0.3) is 0 Å². The fraction of sp³-hybridized carbons (Fsp3) is 0.160. The predicted molar refractivity (Wildman–Crippen MR) is 132 cm³/mol. The maximum atomic E-state index is 6.08. The number of anilines is 1. The molecule has 2 atom stereocenters. The van der Waals surface area contributed by atoms with Crippen LogP contribution in [0.25, 0.3) is 5.82 Å². The Morgan fingerprint density at radius 2 is 1.78 bits per heavy atom. The molecule has 1 N–H and O–H groups in total. The lowest BCUT2D eigenvalue weighted by molar-refractivity contribution is 0.548. The first-order chi connectivity index (χ1) is 15.5. The smallest absolute Gasteiger partial charge is 0.174 e. The molecule has 160 valence electrons. The third-order valence-electron chi connectivity index (χ3n) is 5.62. The summed E-state index contributed by atoms with van der Waals surface area (Å²) in [7, 11) is 0. The topological polar surface area (TPSA) is 46.0 Å². The monoisotopic (exact) mass is 459 g/mol. The van der Waals surface area contributed by atoms with Crippen molar-refractivity contribution in [3.8, 4) is 5.82 Å². The number of aryl methyl sites for hydroxylation is 2. The largest absolute Gasteiger partial charge is 0.351 e. The van der Waals surface area contributed by atoms with Gasteiger partial charge in [-0.05, 0) is 85.7 Å². The molecule has 0 spiro atoms. The Labute approximate surface area is 197 Å². The van der Waals surface area contributed by atoms with Crippen LogP contribution in [0.2, 0.25) is 5.02 Å². The van der Waals surface area contributed by atoms with Gasteiger partial charge in [0, 0.05) is 30.0 Å². The molecule has 1 saturated heterocycles. The van der Waals surface area contributed by atoms with Gasteiger partial charge in [0.1, 0.15) is 11.9 Å². The van der Waals surface area contributed by atoms with Crippen LogP contribution in [0.15, 0.2) is 79.3 Å². The first-order valence-electron chi connectivity index (χ1n) is 10.4. The first-order valence-corrected chi connectivity index (χ1v) is 11.2. The molecule has 0 aliphatic carbocycles. The first kappa shape index (κ1) is 20.7. The van der Waals surface area contributed by atoms with Crippen molar-refractivity contribution in [2.75, 3.05) is 4.90 Å². The Hall–Kier alpha value is -3.22. The van der Waals surface area contributed by atoms with Gasteiger partial charge in [0.2, 0.25) is 0 Å². The minimum Gasteiger partial charge on any atom is -0.351 e. The molecule has 0 bridgehead atoms. The molecule has 7 heteroatoms. The summed E-state index contributed by atoms with van der Waals surface area (Å²) < 4.78 is 2.09. The van der Waals surface area contributed by atoms with E-state index < -0.39 is 0 Å². The number of benzene rings is 1. The van der Waals surface area contributed by atoms with Crippen LogP contribution >= 0.6 is 23.8 Å². The third-order valence-corrected chi connectivity index (χ3v) is 6.16. The standard InChI is InChI=1S/C25H22ClN5S/c1-16-12-17(2)14-19(13-16)31-24(23(29-25(31)32)20-6-3-4-10-27-20)21-7-5-11-30(21)22-9-8-18(26)15-28-22/h3-15,23-24H,1-2H3,(H,29,32)/t23-,24+/m0/s1. The molecule has 5 rings (SSSR count). The minimum atomic E-state index is -0.120. The van der Waals surface area contributed by atoms with E-state index in [1.165, 1.54) is 11.1 Å². The predicted octanol–water partition coefficient (Wildman–Crippen LogP) is 5.71. The van der Waals surface area contributed by atoms with E-state index in [0.717, 1.165) is 22.9 Å². The van der Waals surface area contributed by atoms with E-state index in [1.54, 1.807) is 6.20 Å². The maximum absolute atomic E-state index is 6.08. The van der Waals surface area contributed by atoms with Crippen molar-refractivity contribution in [1.82, 2.24) is 19.9 Å². The van der Waals surface area contributed by atoms with E-state index in [2.05, 4.69) is 62.9 Å². The Balaban J connectivity index is 1.68. The van der Waals surface area contributed by atoms with Crippen LogP contribution in [0.3, 0.4) is 0 Å². The Morgan fingerprint density at radius 3 is 2.47 bits per heavy atom. The summed E-state index contributed by atoms with van der Waals surface area (Å²) in [5.41, 5.74) is 5.43. The van der Waals surface area contributed by atoms with Gasteiger partial charge >= 0.3 is 0 Å². The number of nitrogens with zero attached hydrogens (tertiary/aromatic N) is 4. The minimum absolute atomic E-state index is 0.119. The second-order valence-corrected chi connectivity index (χ2v) is 8.80. The molecule has 1 fully saturated rings. The lowest BCUT2D eigenvalue weighted by Gasteiger charge is -2.29. The average Bonchev–Trinajstić information content (AvgIpc) is 3.38. The van der Waals surface area contributed by atoms with Gasteiger partial charge in [-0.25, -0.2) is 4.98 Å². The maximum Gasteiger partial charge on any atom is 0.174 e. The summed E-state index contributed by atoms with van der Waals surface area (Å²) in [4.78, 5) is 11.4. The van der Waals surface area contributed by atoms with Crippen molar-refractivity contribution < 1.29 is 0 Å². The van der Waals surface area contributed by atoms with E-state index in [1.807, 2.05) is 48.8 Å². The summed E-state index contributed by atoms with van der Waals surface area (Å²) in [5.74, 6) is 0.798. The zero-order chi connectivity index (χ0) is 22.2. The van der Waals surface area contributed by atoms with Crippen LogP contribution < -0.4 is 10.2 Å². The van der Waals surface area contributed by atoms with E-state index in [9.17, 15) is 0 Å². The molecule has 1 aliphatic rings. The van der Waals surface area contributed by atoms with Crippen LogP contribution in [0, 0.1) is 13.8 Å². The summed E-state index contributed by atoms with van der Waals surface area (Å²) >= 11 is 11.9. The molecule has 3 aromatic heterocycles. The second kappa shape index (κ2) is 8.37. The molecule has 0 radical (unpaired) electrons. The highest BCUT2D eigenvalue weighted by Crippen LogP contribution is 2.42. The van der Waals surface area contributed by atoms with Gasteiger partial charge in [-0.2, -0.15) is 0 Å². The number of halogens is 1. The number of hydrogen-bond acceptors (Lipinski definition) is 3. The summed E-state index contributed by atoms with van der Waals surface area (Å²) in [6.07, 6.45) is 5.49. The fourth-order valence-electron chi connectivity index (χ4n) is 4.38. The Kier molecular flexibility index (Phi) is 5.41. The molecule has 1 aromatic carbocycles. The van der Waals surface area contributed by atoms with Gasteiger partial charge in [0.15, 0.2) is 5.11 Å².